The first-order chi connectivity index (χ1) is 13.0. The van der Waals surface area contributed by atoms with Crippen LogP contribution in [0.2, 0.25) is 0 Å². The van der Waals surface area contributed by atoms with Gasteiger partial charge in [0.2, 0.25) is 5.91 Å². The van der Waals surface area contributed by atoms with Gasteiger partial charge < -0.3 is 10.6 Å². The standard InChI is InChI=1S/C20H21N5O2/c1-14(2)19(26)23-18-12-17(24-25(18)16-9-4-3-5-10-16)20(27)22-13-15-8-6-7-11-21-15/h3-12,14H,13H2,1-2H3,(H,22,27)(H,23,26). The number of amides is 2. The minimum Gasteiger partial charge on any atom is -0.345 e. The number of carbonyl (C=O) groups is 2. The number of pyridine rings is 1. The van der Waals surface area contributed by atoms with Gasteiger partial charge in [0.25, 0.3) is 5.91 Å². The summed E-state index contributed by atoms with van der Waals surface area (Å²) in [4.78, 5) is 28.8. The van der Waals surface area contributed by atoms with Crippen molar-refractivity contribution in [2.45, 2.75) is 20.4 Å². The lowest BCUT2D eigenvalue weighted by atomic mass is 10.2. The van der Waals surface area contributed by atoms with Crippen LogP contribution in [0.25, 0.3) is 5.69 Å². The number of hydrogen-bond donors (Lipinski definition) is 2. The molecule has 0 spiro atoms. The van der Waals surface area contributed by atoms with Crippen LogP contribution in [0.1, 0.15) is 30.0 Å². The second-order valence-corrected chi connectivity index (χ2v) is 6.31. The van der Waals surface area contributed by atoms with Crippen molar-refractivity contribution >= 4 is 17.6 Å². The van der Waals surface area contributed by atoms with E-state index >= 15 is 0 Å². The molecular formula is C20H21N5O2. The van der Waals surface area contributed by atoms with Crippen LogP contribution in [0.4, 0.5) is 5.82 Å². The fourth-order valence-electron chi connectivity index (χ4n) is 2.38. The SMILES string of the molecule is CC(C)C(=O)Nc1cc(C(=O)NCc2ccccn2)nn1-c1ccccc1. The second kappa shape index (κ2) is 8.27. The van der Waals surface area contributed by atoms with E-state index in [1.165, 1.54) is 0 Å². The quantitative estimate of drug-likeness (QED) is 0.705. The van der Waals surface area contributed by atoms with Crippen molar-refractivity contribution in [1.29, 1.82) is 0 Å². The van der Waals surface area contributed by atoms with Crippen molar-refractivity contribution in [2.75, 3.05) is 5.32 Å². The van der Waals surface area contributed by atoms with Crippen molar-refractivity contribution in [3.05, 3.63) is 72.2 Å². The summed E-state index contributed by atoms with van der Waals surface area (Å²) in [6.07, 6.45) is 1.67. The van der Waals surface area contributed by atoms with Crippen LogP contribution >= 0.6 is 0 Å². The first-order valence-corrected chi connectivity index (χ1v) is 8.69. The van der Waals surface area contributed by atoms with E-state index in [2.05, 4.69) is 20.7 Å². The van der Waals surface area contributed by atoms with Crippen molar-refractivity contribution < 1.29 is 9.59 Å². The molecule has 0 radical (unpaired) electrons. The van der Waals surface area contributed by atoms with Crippen LogP contribution in [0, 0.1) is 5.92 Å². The van der Waals surface area contributed by atoms with E-state index in [0.29, 0.717) is 12.4 Å². The van der Waals surface area contributed by atoms with E-state index in [1.807, 2.05) is 48.5 Å². The Hall–Kier alpha value is -3.48. The Morgan fingerprint density at radius 1 is 1.07 bits per heavy atom. The number of rotatable bonds is 6. The van der Waals surface area contributed by atoms with E-state index < -0.39 is 0 Å². The van der Waals surface area contributed by atoms with Crippen LogP contribution in [0.15, 0.2) is 60.8 Å². The minimum atomic E-state index is -0.338. The fraction of sp³-hybridized carbons (Fsp3) is 0.200. The molecule has 2 heterocycles. The molecular weight excluding hydrogens is 342 g/mol. The third-order valence-electron chi connectivity index (χ3n) is 3.87. The highest BCUT2D eigenvalue weighted by molar-refractivity contribution is 5.96. The molecule has 2 amide bonds. The van der Waals surface area contributed by atoms with Crippen LogP contribution in [0.5, 0.6) is 0 Å². The highest BCUT2D eigenvalue weighted by Gasteiger charge is 2.18. The van der Waals surface area contributed by atoms with E-state index in [1.54, 1.807) is 30.8 Å². The van der Waals surface area contributed by atoms with Crippen LogP contribution in [-0.4, -0.2) is 26.6 Å². The highest BCUT2D eigenvalue weighted by atomic mass is 16.2. The molecule has 7 nitrogen and oxygen atoms in total. The molecule has 138 valence electrons. The Morgan fingerprint density at radius 3 is 2.48 bits per heavy atom. The maximum atomic E-state index is 12.5. The van der Waals surface area contributed by atoms with Gasteiger partial charge in [-0.25, -0.2) is 4.68 Å². The lowest BCUT2D eigenvalue weighted by Gasteiger charge is -2.10. The molecule has 2 aromatic heterocycles. The summed E-state index contributed by atoms with van der Waals surface area (Å²) in [6.45, 7) is 3.91. The predicted molar refractivity (Wildman–Crippen MR) is 102 cm³/mol. The number of para-hydroxylation sites is 1. The molecule has 7 heteroatoms. The Morgan fingerprint density at radius 2 is 1.81 bits per heavy atom. The molecule has 0 saturated carbocycles. The number of benzene rings is 1. The zero-order chi connectivity index (χ0) is 19.2. The van der Waals surface area contributed by atoms with Crippen molar-refractivity contribution in [2.24, 2.45) is 5.92 Å². The lowest BCUT2D eigenvalue weighted by Crippen LogP contribution is -2.23. The normalized spacial score (nSPS) is 10.6. The molecule has 3 rings (SSSR count). The third-order valence-corrected chi connectivity index (χ3v) is 3.87. The summed E-state index contributed by atoms with van der Waals surface area (Å²) >= 11 is 0. The minimum absolute atomic E-state index is 0.146. The number of carbonyl (C=O) groups excluding carboxylic acids is 2. The predicted octanol–water partition coefficient (Wildman–Crippen LogP) is 2.79. The lowest BCUT2D eigenvalue weighted by molar-refractivity contribution is -0.118. The largest absolute Gasteiger partial charge is 0.345 e. The molecule has 27 heavy (non-hydrogen) atoms. The average Bonchev–Trinajstić information content (AvgIpc) is 3.11. The van der Waals surface area contributed by atoms with Gasteiger partial charge in [0, 0.05) is 18.2 Å². The van der Waals surface area contributed by atoms with Gasteiger partial charge in [0.1, 0.15) is 5.82 Å². The molecule has 0 atom stereocenters. The summed E-state index contributed by atoms with van der Waals surface area (Å²) in [5, 5.41) is 9.99. The Bertz CT molecular complexity index is 920. The molecule has 0 aliphatic carbocycles. The van der Waals surface area contributed by atoms with Crippen LogP contribution < -0.4 is 10.6 Å². The van der Waals surface area contributed by atoms with Crippen molar-refractivity contribution in [3.63, 3.8) is 0 Å². The molecule has 0 bridgehead atoms. The first kappa shape index (κ1) is 18.3. The fourth-order valence-corrected chi connectivity index (χ4v) is 2.38. The van der Waals surface area contributed by atoms with Crippen molar-refractivity contribution in [1.82, 2.24) is 20.1 Å². The molecule has 0 aliphatic heterocycles. The number of anilines is 1. The smallest absolute Gasteiger partial charge is 0.272 e. The van der Waals surface area contributed by atoms with Gasteiger partial charge in [-0.1, -0.05) is 38.1 Å². The van der Waals surface area contributed by atoms with Gasteiger partial charge >= 0.3 is 0 Å². The molecule has 3 aromatic rings. The maximum Gasteiger partial charge on any atom is 0.272 e. The summed E-state index contributed by atoms with van der Waals surface area (Å²) in [5.74, 6) is -0.226. The Kier molecular flexibility index (Phi) is 5.61. The summed E-state index contributed by atoms with van der Waals surface area (Å²) in [6, 6.07) is 16.4. The summed E-state index contributed by atoms with van der Waals surface area (Å²) < 4.78 is 1.55. The topological polar surface area (TPSA) is 88.9 Å². The van der Waals surface area contributed by atoms with Gasteiger partial charge in [0.05, 0.1) is 17.9 Å². The molecule has 1 aromatic carbocycles. The van der Waals surface area contributed by atoms with Gasteiger partial charge in [-0.05, 0) is 24.3 Å². The first-order valence-electron chi connectivity index (χ1n) is 8.69. The average molecular weight is 363 g/mol. The third kappa shape index (κ3) is 4.58. The zero-order valence-corrected chi connectivity index (χ0v) is 15.2. The molecule has 0 unspecified atom stereocenters. The van der Waals surface area contributed by atoms with Gasteiger partial charge in [-0.15, -0.1) is 0 Å². The van der Waals surface area contributed by atoms with E-state index in [-0.39, 0.29) is 23.4 Å². The summed E-state index contributed by atoms with van der Waals surface area (Å²) in [7, 11) is 0. The van der Waals surface area contributed by atoms with E-state index in [4.69, 9.17) is 0 Å². The van der Waals surface area contributed by atoms with Crippen LogP contribution in [0.3, 0.4) is 0 Å². The number of hydrogen-bond acceptors (Lipinski definition) is 4. The Balaban J connectivity index is 1.84. The maximum absolute atomic E-state index is 12.5. The highest BCUT2D eigenvalue weighted by Crippen LogP contribution is 2.18. The number of nitrogens with zero attached hydrogens (tertiary/aromatic N) is 3. The second-order valence-electron chi connectivity index (χ2n) is 6.31. The number of nitrogens with one attached hydrogen (secondary N) is 2. The monoisotopic (exact) mass is 363 g/mol. The van der Waals surface area contributed by atoms with Gasteiger partial charge in [-0.3, -0.25) is 14.6 Å². The zero-order valence-electron chi connectivity index (χ0n) is 15.2. The Labute approximate surface area is 157 Å². The van der Waals surface area contributed by atoms with Gasteiger partial charge in [0.15, 0.2) is 5.69 Å². The summed E-state index contributed by atoms with van der Waals surface area (Å²) in [5.41, 5.74) is 1.72. The van der Waals surface area contributed by atoms with Gasteiger partial charge in [-0.2, -0.15) is 5.10 Å². The van der Waals surface area contributed by atoms with E-state index in [0.717, 1.165) is 11.4 Å². The molecule has 0 fully saturated rings. The number of aromatic nitrogens is 3. The van der Waals surface area contributed by atoms with Crippen molar-refractivity contribution in [3.8, 4) is 5.69 Å². The van der Waals surface area contributed by atoms with E-state index in [9.17, 15) is 9.59 Å². The molecule has 0 saturated heterocycles. The van der Waals surface area contributed by atoms with Crippen LogP contribution in [-0.2, 0) is 11.3 Å². The molecule has 0 aliphatic rings. The molecule has 2 N–H and O–H groups in total.